The Labute approximate surface area is 362 Å². The van der Waals surface area contributed by atoms with Crippen LogP contribution in [0.4, 0.5) is 0 Å². The van der Waals surface area contributed by atoms with Gasteiger partial charge in [-0.1, -0.05) is 133 Å². The molecule has 4 nitrogen and oxygen atoms in total. The number of aryl methyl sites for hydroxylation is 1. The molecule has 13 rings (SSSR count). The molecule has 2 aliphatic heterocycles. The number of furan rings is 1. The summed E-state index contributed by atoms with van der Waals surface area (Å²) in [5, 5.41) is 7.63. The maximum Gasteiger partial charge on any atom is 0.137 e. The van der Waals surface area contributed by atoms with Gasteiger partial charge in [-0.05, 0) is 97.9 Å². The van der Waals surface area contributed by atoms with Gasteiger partial charge in [-0.3, -0.25) is 4.99 Å². The molecule has 3 unspecified atom stereocenters. The van der Waals surface area contributed by atoms with Gasteiger partial charge in [0, 0.05) is 62.9 Å². The summed E-state index contributed by atoms with van der Waals surface area (Å²) < 4.78 is 9.24. The Morgan fingerprint density at radius 2 is 1.65 bits per heavy atom. The predicted octanol–water partition coefficient (Wildman–Crippen LogP) is 13.9. The third-order valence-corrected chi connectivity index (χ3v) is 14.4. The second-order valence-electron chi connectivity index (χ2n) is 18.0. The summed E-state index contributed by atoms with van der Waals surface area (Å²) in [5.74, 6) is 2.83. The summed E-state index contributed by atoms with van der Waals surface area (Å²) in [6, 6.07) is 22.4. The SMILES string of the molecule is C1=CCCC=1C1=C=C2c3ccc4c5ccc6oc7c(c6c5n(c4c3)C3=CCC(C4=CC(C5C=CC=CC5)=C(c5ccccc5)CC4)C=C3C2N=C([C@@H]2C=CC=CC2)N1)C=CCC7. The first-order chi connectivity index (χ1) is 30.7. The first kappa shape index (κ1) is 35.9. The van der Waals surface area contributed by atoms with E-state index in [4.69, 9.17) is 9.41 Å². The summed E-state index contributed by atoms with van der Waals surface area (Å²) in [6.45, 7) is 0. The van der Waals surface area contributed by atoms with Crippen molar-refractivity contribution in [3.63, 3.8) is 0 Å². The first-order valence-corrected chi connectivity index (χ1v) is 22.8. The van der Waals surface area contributed by atoms with E-state index in [0.29, 0.717) is 5.92 Å². The molecule has 0 fully saturated rings. The zero-order valence-electron chi connectivity index (χ0n) is 34.8. The second kappa shape index (κ2) is 14.4. The Morgan fingerprint density at radius 3 is 2.48 bits per heavy atom. The van der Waals surface area contributed by atoms with Crippen molar-refractivity contribution in [2.24, 2.45) is 22.7 Å². The van der Waals surface area contributed by atoms with Gasteiger partial charge in [0.15, 0.2) is 0 Å². The van der Waals surface area contributed by atoms with Gasteiger partial charge in [-0.25, -0.2) is 0 Å². The van der Waals surface area contributed by atoms with E-state index in [1.165, 1.54) is 71.9 Å². The molecule has 6 aliphatic carbocycles. The summed E-state index contributed by atoms with van der Waals surface area (Å²) in [5.41, 5.74) is 25.1. The minimum Gasteiger partial charge on any atom is -0.460 e. The standard InChI is InChI=1S/C58H47N3O/c1-4-14-36(15-5-1)43-27-24-40(32-47(43)37-16-6-2-7-17-37)41-26-30-51-49(33-41)56-48(35-50(38-18-10-11-19-38)59-58(60-56)39-20-8-3-9-21-39)42-25-28-44-45-29-31-54-55(57(45)61(51)52(44)34-42)46-22-12-13-23-53(46)62-54/h1-10,12,14-16,20,22,25,28-34,37,39,41,56H,11,13,17,19,21,23-24,26-27H2,(H,59,60)/t37?,39-,41?,56?/m1/s1. The lowest BCUT2D eigenvalue weighted by molar-refractivity contribution is 0.546. The number of hydrogen-bond acceptors (Lipinski definition) is 3. The van der Waals surface area contributed by atoms with E-state index in [1.54, 1.807) is 0 Å². The Balaban J connectivity index is 1.07. The number of rotatable bonds is 5. The lowest BCUT2D eigenvalue weighted by Gasteiger charge is -2.33. The lowest BCUT2D eigenvalue weighted by atomic mass is 9.75. The minimum absolute atomic E-state index is 0.136. The third-order valence-electron chi connectivity index (χ3n) is 14.4. The normalized spacial score (nSPS) is 24.7. The van der Waals surface area contributed by atoms with E-state index in [1.807, 2.05) is 0 Å². The van der Waals surface area contributed by atoms with Crippen molar-refractivity contribution in [2.75, 3.05) is 0 Å². The van der Waals surface area contributed by atoms with Crippen LogP contribution in [0, 0.1) is 17.8 Å². The molecule has 4 heterocycles. The van der Waals surface area contributed by atoms with Crippen LogP contribution in [0.3, 0.4) is 0 Å². The van der Waals surface area contributed by atoms with Crippen LogP contribution >= 0.6 is 0 Å². The first-order valence-electron chi connectivity index (χ1n) is 22.8. The molecule has 0 amide bonds. The van der Waals surface area contributed by atoms with E-state index in [0.717, 1.165) is 91.8 Å². The van der Waals surface area contributed by atoms with Crippen LogP contribution in [0.2, 0.25) is 0 Å². The van der Waals surface area contributed by atoms with Crippen molar-refractivity contribution < 1.29 is 4.42 Å². The summed E-state index contributed by atoms with van der Waals surface area (Å²) in [6.07, 6.45) is 41.4. The van der Waals surface area contributed by atoms with Crippen molar-refractivity contribution in [1.82, 2.24) is 9.88 Å². The highest BCUT2D eigenvalue weighted by Gasteiger charge is 2.36. The van der Waals surface area contributed by atoms with E-state index in [2.05, 4.69) is 167 Å². The van der Waals surface area contributed by atoms with E-state index >= 15 is 0 Å². The number of benzene rings is 3. The number of hydrogen-bond donors (Lipinski definition) is 1. The highest BCUT2D eigenvalue weighted by atomic mass is 16.3. The highest BCUT2D eigenvalue weighted by molar-refractivity contribution is 6.21. The minimum atomic E-state index is -0.278. The highest BCUT2D eigenvalue weighted by Crippen LogP contribution is 2.49. The van der Waals surface area contributed by atoms with E-state index in [-0.39, 0.29) is 17.9 Å². The zero-order valence-corrected chi connectivity index (χ0v) is 34.8. The van der Waals surface area contributed by atoms with Gasteiger partial charge < -0.3 is 14.3 Å². The van der Waals surface area contributed by atoms with E-state index in [9.17, 15) is 0 Å². The smallest absolute Gasteiger partial charge is 0.137 e. The van der Waals surface area contributed by atoms with Crippen LogP contribution < -0.4 is 5.32 Å². The fourth-order valence-electron chi connectivity index (χ4n) is 11.4. The molecule has 0 saturated carbocycles. The summed E-state index contributed by atoms with van der Waals surface area (Å²) in [4.78, 5) is 5.90. The van der Waals surface area contributed by atoms with Crippen LogP contribution in [-0.4, -0.2) is 16.4 Å². The topological polar surface area (TPSA) is 42.5 Å². The molecule has 1 N–H and O–H groups in total. The van der Waals surface area contributed by atoms with Crippen LogP contribution in [0.1, 0.15) is 73.8 Å². The Kier molecular flexibility index (Phi) is 8.33. The lowest BCUT2D eigenvalue weighted by Crippen LogP contribution is -2.31. The Hall–Kier alpha value is -6.83. The number of amidine groups is 1. The molecule has 8 aliphatic rings. The molecule has 3 aromatic carbocycles. The maximum absolute atomic E-state index is 6.65. The van der Waals surface area contributed by atoms with E-state index < -0.39 is 0 Å². The number of allylic oxidation sites excluding steroid dienone is 14. The molecule has 2 bridgehead atoms. The molecule has 2 aromatic heterocycles. The van der Waals surface area contributed by atoms with Crippen molar-refractivity contribution in [1.29, 1.82) is 0 Å². The van der Waals surface area contributed by atoms with Crippen molar-refractivity contribution in [3.8, 4) is 0 Å². The molecular formula is C58H47N3O. The van der Waals surface area contributed by atoms with Crippen molar-refractivity contribution in [3.05, 3.63) is 202 Å². The predicted molar refractivity (Wildman–Crippen MR) is 256 cm³/mol. The zero-order chi connectivity index (χ0) is 40.7. The Bertz CT molecular complexity index is 3260. The van der Waals surface area contributed by atoms with Crippen LogP contribution in [-0.2, 0) is 6.42 Å². The monoisotopic (exact) mass is 801 g/mol. The van der Waals surface area contributed by atoms with Gasteiger partial charge in [0.1, 0.15) is 23.2 Å². The molecular weight excluding hydrogens is 755 g/mol. The van der Waals surface area contributed by atoms with Crippen LogP contribution in [0.15, 0.2) is 189 Å². The number of aromatic nitrogens is 1. The third kappa shape index (κ3) is 5.71. The molecule has 0 radical (unpaired) electrons. The number of nitrogens with one attached hydrogen (secondary N) is 1. The van der Waals surface area contributed by atoms with Crippen LogP contribution in [0.25, 0.3) is 55.7 Å². The summed E-state index contributed by atoms with van der Waals surface area (Å²) in [7, 11) is 0. The quantitative estimate of drug-likeness (QED) is 0.180. The molecule has 5 aromatic rings. The van der Waals surface area contributed by atoms with Gasteiger partial charge in [0.25, 0.3) is 0 Å². The molecule has 4 atom stereocenters. The largest absolute Gasteiger partial charge is 0.460 e. The molecule has 0 saturated heterocycles. The molecule has 4 heteroatoms. The van der Waals surface area contributed by atoms with Gasteiger partial charge in [-0.2, -0.15) is 0 Å². The number of aliphatic imine (C=N–C) groups is 1. The maximum atomic E-state index is 6.65. The average molecular weight is 802 g/mol. The number of nitrogens with zero attached hydrogens (tertiary/aromatic N) is 2. The van der Waals surface area contributed by atoms with Crippen molar-refractivity contribution >= 4 is 61.5 Å². The van der Waals surface area contributed by atoms with Gasteiger partial charge in [0.05, 0.1) is 22.1 Å². The fraction of sp³-hybridized carbons (Fsp3) is 0.224. The van der Waals surface area contributed by atoms with Gasteiger partial charge in [-0.15, -0.1) is 5.73 Å². The van der Waals surface area contributed by atoms with Gasteiger partial charge in [0.2, 0.25) is 0 Å². The van der Waals surface area contributed by atoms with Crippen LogP contribution in [0.5, 0.6) is 0 Å². The average Bonchev–Trinajstić information content (AvgIpc) is 4.05. The van der Waals surface area contributed by atoms with Gasteiger partial charge >= 0.3 is 0 Å². The molecule has 0 spiro atoms. The Morgan fingerprint density at radius 1 is 0.774 bits per heavy atom. The second-order valence-corrected chi connectivity index (χ2v) is 18.0. The molecule has 62 heavy (non-hydrogen) atoms. The fourth-order valence-corrected chi connectivity index (χ4v) is 11.4. The summed E-state index contributed by atoms with van der Waals surface area (Å²) >= 11 is 0. The number of fused-ring (bicyclic) bond motifs is 13. The van der Waals surface area contributed by atoms with Crippen molar-refractivity contribution in [2.45, 2.75) is 63.8 Å². The molecule has 300 valence electrons.